The molecule has 4 aliphatic rings. The first-order valence-corrected chi connectivity index (χ1v) is 11.0. The van der Waals surface area contributed by atoms with E-state index < -0.39 is 5.54 Å². The topological polar surface area (TPSA) is 78.5 Å². The fraction of sp³-hybridized carbons (Fsp3) is 0.857. The summed E-state index contributed by atoms with van der Waals surface area (Å²) in [6.07, 6.45) is 13.3. The zero-order chi connectivity index (χ0) is 18.9. The van der Waals surface area contributed by atoms with Gasteiger partial charge in [0.25, 0.3) is 5.91 Å². The molecule has 1 spiro atoms. The number of hydrogen-bond acceptors (Lipinski definition) is 3. The number of nitrogens with zero attached hydrogens (tertiary/aromatic N) is 1. The second kappa shape index (κ2) is 7.80. The molecule has 4 amide bonds. The smallest absolute Gasteiger partial charge is 0.325 e. The van der Waals surface area contributed by atoms with Gasteiger partial charge in [-0.25, -0.2) is 4.79 Å². The molecule has 3 saturated carbocycles. The first-order valence-electron chi connectivity index (χ1n) is 11.0. The predicted molar refractivity (Wildman–Crippen MR) is 102 cm³/mol. The van der Waals surface area contributed by atoms with Gasteiger partial charge >= 0.3 is 6.03 Å². The summed E-state index contributed by atoms with van der Waals surface area (Å²) in [6.45, 7) is 0.342. The molecule has 1 aliphatic heterocycles. The van der Waals surface area contributed by atoms with E-state index in [-0.39, 0.29) is 17.8 Å². The largest absolute Gasteiger partial charge is 0.353 e. The maximum absolute atomic E-state index is 12.6. The number of urea groups is 1. The molecule has 0 bridgehead atoms. The molecule has 2 N–H and O–H groups in total. The monoisotopic (exact) mass is 375 g/mol. The maximum atomic E-state index is 12.6. The zero-order valence-corrected chi connectivity index (χ0v) is 16.3. The third-order valence-corrected chi connectivity index (χ3v) is 7.39. The van der Waals surface area contributed by atoms with Crippen LogP contribution in [0.1, 0.15) is 83.5 Å². The van der Waals surface area contributed by atoms with Crippen molar-refractivity contribution >= 4 is 17.8 Å². The summed E-state index contributed by atoms with van der Waals surface area (Å²) in [4.78, 5) is 38.4. The minimum absolute atomic E-state index is 0.0666. The van der Waals surface area contributed by atoms with Crippen LogP contribution in [-0.4, -0.2) is 40.9 Å². The van der Waals surface area contributed by atoms with Crippen molar-refractivity contribution in [2.24, 2.45) is 11.8 Å². The summed E-state index contributed by atoms with van der Waals surface area (Å²) in [5, 5.41) is 6.10. The van der Waals surface area contributed by atoms with Gasteiger partial charge in [-0.15, -0.1) is 0 Å². The van der Waals surface area contributed by atoms with Gasteiger partial charge in [0, 0.05) is 19.0 Å². The van der Waals surface area contributed by atoms with Gasteiger partial charge in [0.15, 0.2) is 0 Å². The number of fused-ring (bicyclic) bond motifs is 1. The Labute approximate surface area is 161 Å². The fourth-order valence-electron chi connectivity index (χ4n) is 5.90. The van der Waals surface area contributed by atoms with Crippen LogP contribution in [0.15, 0.2) is 0 Å². The molecule has 0 radical (unpaired) electrons. The van der Waals surface area contributed by atoms with Gasteiger partial charge in [0.2, 0.25) is 5.91 Å². The van der Waals surface area contributed by atoms with Crippen LogP contribution in [0.4, 0.5) is 4.79 Å². The van der Waals surface area contributed by atoms with E-state index in [2.05, 4.69) is 10.6 Å². The van der Waals surface area contributed by atoms with E-state index in [0.717, 1.165) is 50.4 Å². The van der Waals surface area contributed by atoms with Crippen LogP contribution in [0.3, 0.4) is 0 Å². The van der Waals surface area contributed by atoms with Crippen molar-refractivity contribution in [2.75, 3.05) is 6.54 Å². The molecule has 150 valence electrons. The van der Waals surface area contributed by atoms with Gasteiger partial charge in [-0.05, 0) is 50.4 Å². The molecule has 3 atom stereocenters. The van der Waals surface area contributed by atoms with Crippen molar-refractivity contribution in [3.05, 3.63) is 0 Å². The molecule has 1 saturated heterocycles. The van der Waals surface area contributed by atoms with Crippen LogP contribution in [0.5, 0.6) is 0 Å². The standard InChI is InChI=1S/C21H33N3O3/c25-18(22-17-10-9-15-6-1-2-7-16(15)14-17)8-5-13-24-19(26)21(23-20(24)27)11-3-4-12-21/h15-17H,1-14H2,(H,22,25)(H,23,27)/t15-,16-,17+/m0/s1. The molecule has 0 unspecified atom stereocenters. The van der Waals surface area contributed by atoms with E-state index in [1.54, 1.807) is 0 Å². The Balaban J connectivity index is 1.20. The highest BCUT2D eigenvalue weighted by molar-refractivity contribution is 6.07. The highest BCUT2D eigenvalue weighted by Crippen LogP contribution is 2.40. The molecular formula is C21H33N3O3. The highest BCUT2D eigenvalue weighted by atomic mass is 16.2. The normalized spacial score (nSPS) is 32.4. The van der Waals surface area contributed by atoms with Crippen molar-refractivity contribution in [1.82, 2.24) is 15.5 Å². The van der Waals surface area contributed by atoms with Crippen LogP contribution in [-0.2, 0) is 9.59 Å². The summed E-state index contributed by atoms with van der Waals surface area (Å²) in [6, 6.07) is 0.0354. The molecule has 6 heteroatoms. The lowest BCUT2D eigenvalue weighted by molar-refractivity contribution is -0.131. The third kappa shape index (κ3) is 3.85. The highest BCUT2D eigenvalue weighted by Gasteiger charge is 2.52. The summed E-state index contributed by atoms with van der Waals surface area (Å²) in [5.41, 5.74) is -0.641. The predicted octanol–water partition coefficient (Wildman–Crippen LogP) is 3.11. The Kier molecular flexibility index (Phi) is 5.42. The van der Waals surface area contributed by atoms with Crippen LogP contribution in [0.2, 0.25) is 0 Å². The van der Waals surface area contributed by atoms with E-state index >= 15 is 0 Å². The Bertz CT molecular complexity index is 599. The molecule has 0 aromatic heterocycles. The summed E-state index contributed by atoms with van der Waals surface area (Å²) >= 11 is 0. The molecule has 4 rings (SSSR count). The molecule has 4 fully saturated rings. The van der Waals surface area contributed by atoms with Crippen molar-refractivity contribution in [3.8, 4) is 0 Å². The summed E-state index contributed by atoms with van der Waals surface area (Å²) in [5.74, 6) is 1.67. The Morgan fingerprint density at radius 1 is 1.04 bits per heavy atom. The molecule has 27 heavy (non-hydrogen) atoms. The van der Waals surface area contributed by atoms with Gasteiger partial charge < -0.3 is 10.6 Å². The number of carbonyl (C=O) groups is 3. The van der Waals surface area contributed by atoms with Gasteiger partial charge in [-0.3, -0.25) is 14.5 Å². The molecule has 6 nitrogen and oxygen atoms in total. The van der Waals surface area contributed by atoms with Crippen molar-refractivity contribution < 1.29 is 14.4 Å². The number of hydrogen-bond donors (Lipinski definition) is 2. The zero-order valence-electron chi connectivity index (χ0n) is 16.3. The number of carbonyl (C=O) groups excluding carboxylic acids is 3. The second-order valence-corrected chi connectivity index (χ2v) is 9.16. The minimum Gasteiger partial charge on any atom is -0.353 e. The van der Waals surface area contributed by atoms with Crippen LogP contribution >= 0.6 is 0 Å². The van der Waals surface area contributed by atoms with Crippen molar-refractivity contribution in [2.45, 2.75) is 95.1 Å². The van der Waals surface area contributed by atoms with Gasteiger partial charge in [0.05, 0.1) is 0 Å². The number of amides is 4. The first kappa shape index (κ1) is 18.8. The molecular weight excluding hydrogens is 342 g/mol. The van der Waals surface area contributed by atoms with Gasteiger partial charge in [-0.2, -0.15) is 0 Å². The third-order valence-electron chi connectivity index (χ3n) is 7.39. The number of nitrogens with one attached hydrogen (secondary N) is 2. The van der Waals surface area contributed by atoms with Crippen LogP contribution in [0, 0.1) is 11.8 Å². The average molecular weight is 376 g/mol. The van der Waals surface area contributed by atoms with E-state index in [4.69, 9.17) is 0 Å². The van der Waals surface area contributed by atoms with E-state index in [9.17, 15) is 14.4 Å². The lowest BCUT2D eigenvalue weighted by Gasteiger charge is -2.39. The molecule has 0 aromatic rings. The van der Waals surface area contributed by atoms with Crippen molar-refractivity contribution in [3.63, 3.8) is 0 Å². The van der Waals surface area contributed by atoms with Crippen molar-refractivity contribution in [1.29, 1.82) is 0 Å². The van der Waals surface area contributed by atoms with Crippen LogP contribution < -0.4 is 10.6 Å². The van der Waals surface area contributed by atoms with Gasteiger partial charge in [-0.1, -0.05) is 38.5 Å². The Morgan fingerprint density at radius 2 is 1.78 bits per heavy atom. The molecule has 0 aromatic carbocycles. The lowest BCUT2D eigenvalue weighted by Crippen LogP contribution is -2.44. The maximum Gasteiger partial charge on any atom is 0.325 e. The minimum atomic E-state index is -0.641. The molecule has 3 aliphatic carbocycles. The quantitative estimate of drug-likeness (QED) is 0.725. The number of rotatable bonds is 5. The van der Waals surface area contributed by atoms with Gasteiger partial charge in [0.1, 0.15) is 5.54 Å². The number of imide groups is 1. The molecule has 1 heterocycles. The van der Waals surface area contributed by atoms with Crippen LogP contribution in [0.25, 0.3) is 0 Å². The average Bonchev–Trinajstić information content (AvgIpc) is 3.22. The first-order chi connectivity index (χ1) is 13.1. The second-order valence-electron chi connectivity index (χ2n) is 9.16. The lowest BCUT2D eigenvalue weighted by atomic mass is 9.69. The van der Waals surface area contributed by atoms with E-state index in [1.165, 1.54) is 37.0 Å². The van der Waals surface area contributed by atoms with E-state index in [0.29, 0.717) is 25.4 Å². The Hall–Kier alpha value is -1.59. The SMILES string of the molecule is O=C(CCCN1C(=O)NC2(CCCC2)C1=O)N[C@@H]1CC[C@@H]2CCCC[C@H]2C1. The Morgan fingerprint density at radius 3 is 2.56 bits per heavy atom. The summed E-state index contributed by atoms with van der Waals surface area (Å²) < 4.78 is 0. The van der Waals surface area contributed by atoms with E-state index in [1.807, 2.05) is 0 Å². The summed E-state index contributed by atoms with van der Waals surface area (Å²) in [7, 11) is 0. The fourth-order valence-corrected chi connectivity index (χ4v) is 5.90.